The molecule has 0 saturated heterocycles. The minimum atomic E-state index is 0.653. The Hall–Kier alpha value is -9.84. The Bertz CT molecular complexity index is 4270. The van der Waals surface area contributed by atoms with Crippen molar-refractivity contribution in [3.05, 3.63) is 306 Å². The number of rotatable bonds is 4. The summed E-state index contributed by atoms with van der Waals surface area (Å²) in [6, 6.07) is 73.8. The average molecular weight is 1270 g/mol. The van der Waals surface area contributed by atoms with E-state index in [0.29, 0.717) is 5.65 Å². The molecule has 2 aliphatic carbocycles. The molecule has 6 aromatic heterocycles. The summed E-state index contributed by atoms with van der Waals surface area (Å²) in [5.41, 5.74) is 16.9. The topological polar surface area (TPSA) is 123 Å². The van der Waals surface area contributed by atoms with Crippen LogP contribution < -0.4 is 4.57 Å². The van der Waals surface area contributed by atoms with Crippen molar-refractivity contribution in [3.8, 4) is 0 Å². The highest BCUT2D eigenvalue weighted by molar-refractivity contribution is 7.99. The maximum atomic E-state index is 4.28. The van der Waals surface area contributed by atoms with Gasteiger partial charge in [-0.05, 0) is 146 Å². The Labute approximate surface area is 566 Å². The molecule has 8 aromatic carbocycles. The van der Waals surface area contributed by atoms with E-state index in [1.165, 1.54) is 115 Å². The lowest BCUT2D eigenvalue weighted by Gasteiger charge is -2.28. The second-order valence-electron chi connectivity index (χ2n) is 24.8. The molecule has 0 unspecified atom stereocenters. The summed E-state index contributed by atoms with van der Waals surface area (Å²) in [7, 11) is 1.95. The summed E-state index contributed by atoms with van der Waals surface area (Å²) in [4.78, 5) is 38.7. The highest BCUT2D eigenvalue weighted by Crippen LogP contribution is 2.39. The Morgan fingerprint density at radius 1 is 0.432 bits per heavy atom. The van der Waals surface area contributed by atoms with Crippen LogP contribution in [0.3, 0.4) is 0 Å². The predicted octanol–water partition coefficient (Wildman–Crippen LogP) is 20.6. The van der Waals surface area contributed by atoms with Crippen molar-refractivity contribution in [1.82, 2.24) is 44.9 Å². The lowest BCUT2D eigenvalue weighted by atomic mass is 9.78. The van der Waals surface area contributed by atoms with Gasteiger partial charge in [0, 0.05) is 45.4 Å². The lowest BCUT2D eigenvalue weighted by molar-refractivity contribution is -0.646. The minimum Gasteiger partial charge on any atom is -0.272 e. The van der Waals surface area contributed by atoms with Gasteiger partial charge in [0.2, 0.25) is 0 Å². The van der Waals surface area contributed by atoms with E-state index in [4.69, 9.17) is 0 Å². The van der Waals surface area contributed by atoms with Crippen LogP contribution in [0, 0.1) is 46.5 Å². The van der Waals surface area contributed by atoms with Crippen LogP contribution in [-0.4, -0.2) is 44.9 Å². The number of hydrogen-bond acceptors (Lipinski definition) is 9. The fourth-order valence-electron chi connectivity index (χ4n) is 12.4. The number of nitrogens with one attached hydrogen (secondary N) is 1. The molecule has 1 aliphatic heterocycles. The standard InChI is InChI=1S/C13H10S.C13H24.C13H12.C11H10.2C10H9N.C7H8N4.C7H6N4/c1-3-7-12-10(5-1)9-11-6-2-4-8-13(11)14-12;2*1-3-7-12(8-4-1)11-13-9-5-2-6-10-13;1-9-5-4-7-10-6-2-3-8-11(9)10;1-8-4-2-5-9-6-3-7-11-10(8)9;1-8-4-5-9-3-2-6-11-10(9)7-8;1-5-6-7(9-3-8-5)11(2)4-10-6;1-5-6-7(11-4-10-5)9-3-2-8-6/h1-8H,9H2;12-13H,1-11H2;1-10H,11H2;2-8H,1H3;2*2-7H,1H3;3-4H,1-2H3;2-4H,1H3/p+1. The number of imidazole rings is 1. The summed E-state index contributed by atoms with van der Waals surface area (Å²) in [6.45, 7) is 10.1. The number of para-hydroxylation sites is 1. The highest BCUT2D eigenvalue weighted by Gasteiger charge is 2.21. The molecular formula is C84H89N10S+. The number of aromatic nitrogens is 10. The van der Waals surface area contributed by atoms with Gasteiger partial charge in [0.15, 0.2) is 23.8 Å². The molecule has 0 bridgehead atoms. The molecule has 0 radical (unpaired) electrons. The molecule has 0 spiro atoms. The molecule has 3 aliphatic rings. The van der Waals surface area contributed by atoms with Crippen LogP contribution >= 0.6 is 11.8 Å². The first-order valence-electron chi connectivity index (χ1n) is 33.6. The minimum absolute atomic E-state index is 0.653. The summed E-state index contributed by atoms with van der Waals surface area (Å²) < 4.78 is 1.93. The quantitative estimate of drug-likeness (QED) is 0.172. The molecule has 10 nitrogen and oxygen atoms in total. The zero-order valence-corrected chi connectivity index (χ0v) is 56.8. The van der Waals surface area contributed by atoms with Crippen LogP contribution in [0.25, 0.3) is 54.9 Å². The number of nitrogens with zero attached hydrogens (tertiary/aromatic N) is 9. The van der Waals surface area contributed by atoms with E-state index >= 15 is 0 Å². The zero-order valence-electron chi connectivity index (χ0n) is 56.0. The Kier molecular flexibility index (Phi) is 25.8. The largest absolute Gasteiger partial charge is 0.304 e. The maximum absolute atomic E-state index is 4.28. The highest BCUT2D eigenvalue weighted by atomic mass is 32.2. The number of fused-ring (bicyclic) bond motifs is 7. The van der Waals surface area contributed by atoms with Crippen molar-refractivity contribution in [2.24, 2.45) is 18.9 Å². The first-order valence-corrected chi connectivity index (χ1v) is 34.4. The molecule has 0 atom stereocenters. The molecular weight excluding hydrogens is 1180 g/mol. The Morgan fingerprint density at radius 2 is 0.968 bits per heavy atom. The number of benzene rings is 8. The molecule has 11 heteroatoms. The molecule has 95 heavy (non-hydrogen) atoms. The van der Waals surface area contributed by atoms with E-state index in [-0.39, 0.29) is 0 Å². The molecule has 7 heterocycles. The first kappa shape index (κ1) is 68.0. The fraction of sp³-hybridized carbons (Fsp3) is 0.250. The van der Waals surface area contributed by atoms with Crippen molar-refractivity contribution in [2.45, 2.75) is 128 Å². The Balaban J connectivity index is 0.000000118. The van der Waals surface area contributed by atoms with Gasteiger partial charge in [0.25, 0.3) is 0 Å². The van der Waals surface area contributed by atoms with E-state index in [1.54, 1.807) is 50.8 Å². The maximum Gasteiger partial charge on any atom is 0.304 e. The van der Waals surface area contributed by atoms with Crippen molar-refractivity contribution >= 4 is 66.7 Å². The third-order valence-electron chi connectivity index (χ3n) is 17.6. The van der Waals surface area contributed by atoms with Gasteiger partial charge < -0.3 is 0 Å². The number of hydrogen-bond donors (Lipinski definition) is 1. The van der Waals surface area contributed by atoms with Crippen LogP contribution in [0.4, 0.5) is 0 Å². The molecule has 2 fully saturated rings. The number of aromatic amines is 1. The fourth-order valence-corrected chi connectivity index (χ4v) is 13.5. The lowest BCUT2D eigenvalue weighted by Crippen LogP contribution is -2.25. The number of aryl methyl sites for hydroxylation is 6. The van der Waals surface area contributed by atoms with Crippen molar-refractivity contribution in [2.75, 3.05) is 0 Å². The smallest absolute Gasteiger partial charge is 0.272 e. The van der Waals surface area contributed by atoms with Gasteiger partial charge in [0.1, 0.15) is 11.8 Å². The third-order valence-corrected chi connectivity index (χ3v) is 18.8. The summed E-state index contributed by atoms with van der Waals surface area (Å²) in [5, 5.41) is 5.10. The summed E-state index contributed by atoms with van der Waals surface area (Å²) in [6.07, 6.45) is 30.9. The van der Waals surface area contributed by atoms with Crippen molar-refractivity contribution < 1.29 is 4.57 Å². The van der Waals surface area contributed by atoms with Crippen LogP contribution in [0.1, 0.15) is 121 Å². The predicted molar refractivity (Wildman–Crippen MR) is 395 cm³/mol. The van der Waals surface area contributed by atoms with Gasteiger partial charge in [0.05, 0.1) is 29.5 Å². The van der Waals surface area contributed by atoms with E-state index in [0.717, 1.165) is 63.8 Å². The SMILES string of the molecule is C1CCC(CC2CCCCC2)CC1.Cc1ccc2cccnc2c1.Cc1cccc2ccccc12.Cc1cccc2cccnc12.Cc1ncnc2c1[nH]c[n+]2C.Cc1ncnc2nccnc12.c1ccc(Cc2ccccc2)cc1.c1ccc2c(c1)Cc1ccccc1S2. The monoisotopic (exact) mass is 1270 g/mol. The molecule has 2 saturated carbocycles. The molecule has 1 N–H and O–H groups in total. The van der Waals surface area contributed by atoms with E-state index in [9.17, 15) is 0 Å². The molecule has 480 valence electrons. The number of pyridine rings is 2. The van der Waals surface area contributed by atoms with Crippen LogP contribution in [-0.2, 0) is 19.9 Å². The van der Waals surface area contributed by atoms with Crippen LogP contribution in [0.2, 0.25) is 0 Å². The zero-order chi connectivity index (χ0) is 65.8. The van der Waals surface area contributed by atoms with Gasteiger partial charge in [-0.2, -0.15) is 0 Å². The second-order valence-corrected chi connectivity index (χ2v) is 25.8. The molecule has 14 aromatic rings. The Morgan fingerprint density at radius 3 is 1.61 bits per heavy atom. The van der Waals surface area contributed by atoms with E-state index in [2.05, 4.69) is 266 Å². The van der Waals surface area contributed by atoms with Gasteiger partial charge in [-0.15, -0.1) is 0 Å². The molecule has 0 amide bonds. The molecule has 17 rings (SSSR count). The van der Waals surface area contributed by atoms with Crippen LogP contribution in [0.15, 0.2) is 266 Å². The van der Waals surface area contributed by atoms with Crippen molar-refractivity contribution in [3.63, 3.8) is 0 Å². The van der Waals surface area contributed by atoms with E-state index < -0.39 is 0 Å². The summed E-state index contributed by atoms with van der Waals surface area (Å²) in [5.74, 6) is 2.24. The van der Waals surface area contributed by atoms with Gasteiger partial charge >= 0.3 is 5.65 Å². The first-order chi connectivity index (χ1) is 46.6. The average Bonchev–Trinajstić information content (AvgIpc) is 2.39. The van der Waals surface area contributed by atoms with Crippen LogP contribution in [0.5, 0.6) is 0 Å². The van der Waals surface area contributed by atoms with E-state index in [1.807, 2.05) is 68.1 Å². The third kappa shape index (κ3) is 20.6. The second kappa shape index (κ2) is 36.0. The van der Waals surface area contributed by atoms with Gasteiger partial charge in [-0.25, -0.2) is 29.5 Å². The van der Waals surface area contributed by atoms with Crippen molar-refractivity contribution in [1.29, 1.82) is 0 Å². The number of H-pyrrole nitrogens is 1. The van der Waals surface area contributed by atoms with Gasteiger partial charge in [-0.3, -0.25) is 15.0 Å². The summed E-state index contributed by atoms with van der Waals surface area (Å²) >= 11 is 1.88. The van der Waals surface area contributed by atoms with Gasteiger partial charge in [-0.1, -0.05) is 263 Å². The normalized spacial score (nSPS) is 13.1.